The summed E-state index contributed by atoms with van der Waals surface area (Å²) >= 11 is 1.59. The summed E-state index contributed by atoms with van der Waals surface area (Å²) in [6, 6.07) is 14.1. The van der Waals surface area contributed by atoms with Gasteiger partial charge < -0.3 is 9.32 Å². The van der Waals surface area contributed by atoms with E-state index in [1.54, 1.807) is 18.0 Å². The second kappa shape index (κ2) is 7.93. The molecule has 0 radical (unpaired) electrons. The first kappa shape index (κ1) is 15.7. The largest absolute Gasteiger partial charge is 0.468 e. The van der Waals surface area contributed by atoms with Crippen molar-refractivity contribution in [3.8, 4) is 0 Å². The first-order chi connectivity index (χ1) is 10.2. The molecule has 0 aliphatic heterocycles. The van der Waals surface area contributed by atoms with Crippen molar-refractivity contribution in [1.29, 1.82) is 0 Å². The maximum absolute atomic E-state index is 12.4. The zero-order chi connectivity index (χ0) is 15.1. The molecule has 0 bridgehead atoms. The molecule has 2 aromatic rings. The van der Waals surface area contributed by atoms with Crippen molar-refractivity contribution in [3.05, 3.63) is 60.1 Å². The van der Waals surface area contributed by atoms with Crippen LogP contribution in [-0.4, -0.2) is 22.6 Å². The Labute approximate surface area is 130 Å². The third kappa shape index (κ3) is 4.97. The fraction of sp³-hybridized carbons (Fsp3) is 0.353. The minimum Gasteiger partial charge on any atom is -0.468 e. The number of benzene rings is 1. The Kier molecular flexibility index (Phi) is 5.93. The lowest BCUT2D eigenvalue weighted by Crippen LogP contribution is -2.37. The van der Waals surface area contributed by atoms with Crippen molar-refractivity contribution < 1.29 is 9.21 Å². The normalized spacial score (nSPS) is 10.8. The molecule has 1 heterocycles. The predicted octanol–water partition coefficient (Wildman–Crippen LogP) is 3.95. The summed E-state index contributed by atoms with van der Waals surface area (Å²) in [7, 11) is 0. The van der Waals surface area contributed by atoms with Crippen LogP contribution in [-0.2, 0) is 17.1 Å². The average Bonchev–Trinajstić information content (AvgIpc) is 2.98. The van der Waals surface area contributed by atoms with Gasteiger partial charge in [0.1, 0.15) is 5.76 Å². The highest BCUT2D eigenvalue weighted by Crippen LogP contribution is 2.15. The first-order valence-corrected chi connectivity index (χ1v) is 8.26. The van der Waals surface area contributed by atoms with Gasteiger partial charge in [-0.25, -0.2) is 0 Å². The Bertz CT molecular complexity index is 537. The molecular formula is C17H21NO2S. The van der Waals surface area contributed by atoms with E-state index in [4.69, 9.17) is 4.42 Å². The van der Waals surface area contributed by atoms with Crippen molar-refractivity contribution in [2.75, 3.05) is 5.75 Å². The molecule has 0 unspecified atom stereocenters. The number of carbonyl (C=O) groups excluding carboxylic acids is 1. The summed E-state index contributed by atoms with van der Waals surface area (Å²) in [5.74, 6) is 2.29. The Hall–Kier alpha value is -1.68. The number of furan rings is 1. The summed E-state index contributed by atoms with van der Waals surface area (Å²) in [6.45, 7) is 4.77. The van der Waals surface area contributed by atoms with E-state index in [9.17, 15) is 4.79 Å². The van der Waals surface area contributed by atoms with E-state index < -0.39 is 0 Å². The highest BCUT2D eigenvalue weighted by molar-refractivity contribution is 7.99. The van der Waals surface area contributed by atoms with Gasteiger partial charge in [0.15, 0.2) is 0 Å². The lowest BCUT2D eigenvalue weighted by atomic mass is 10.2. The maximum Gasteiger partial charge on any atom is 0.233 e. The summed E-state index contributed by atoms with van der Waals surface area (Å²) in [6.07, 6.45) is 1.66. The molecule has 21 heavy (non-hydrogen) atoms. The Morgan fingerprint density at radius 2 is 1.95 bits per heavy atom. The fourth-order valence-corrected chi connectivity index (χ4v) is 2.86. The number of carbonyl (C=O) groups is 1. The predicted molar refractivity (Wildman–Crippen MR) is 87.0 cm³/mol. The smallest absolute Gasteiger partial charge is 0.233 e. The fourth-order valence-electron chi connectivity index (χ4n) is 2.06. The van der Waals surface area contributed by atoms with Gasteiger partial charge in [-0.1, -0.05) is 30.3 Å². The summed E-state index contributed by atoms with van der Waals surface area (Å²) < 4.78 is 5.27. The third-order valence-corrected chi connectivity index (χ3v) is 4.13. The molecule has 0 saturated carbocycles. The van der Waals surface area contributed by atoms with Crippen molar-refractivity contribution in [3.63, 3.8) is 0 Å². The van der Waals surface area contributed by atoms with Crippen LogP contribution in [0.3, 0.4) is 0 Å². The van der Waals surface area contributed by atoms with Crippen molar-refractivity contribution in [1.82, 2.24) is 4.90 Å². The van der Waals surface area contributed by atoms with Crippen LogP contribution in [0.1, 0.15) is 25.2 Å². The van der Waals surface area contributed by atoms with E-state index >= 15 is 0 Å². The molecule has 0 atom stereocenters. The molecule has 0 aliphatic carbocycles. The number of hydrogen-bond acceptors (Lipinski definition) is 3. The van der Waals surface area contributed by atoms with E-state index in [2.05, 4.69) is 26.0 Å². The summed E-state index contributed by atoms with van der Waals surface area (Å²) in [4.78, 5) is 14.3. The molecule has 0 aliphatic rings. The van der Waals surface area contributed by atoms with E-state index in [1.165, 1.54) is 0 Å². The number of nitrogens with zero attached hydrogens (tertiary/aromatic N) is 1. The van der Waals surface area contributed by atoms with Crippen LogP contribution in [0.4, 0.5) is 0 Å². The zero-order valence-corrected chi connectivity index (χ0v) is 13.3. The Morgan fingerprint density at radius 1 is 1.19 bits per heavy atom. The van der Waals surface area contributed by atoms with E-state index in [0.717, 1.165) is 17.1 Å². The van der Waals surface area contributed by atoms with Gasteiger partial charge in [-0.2, -0.15) is 0 Å². The SMILES string of the molecule is CC(C)N(Cc1ccccc1)C(=O)CSCc1ccco1. The van der Waals surface area contributed by atoms with Crippen LogP contribution in [0.5, 0.6) is 0 Å². The van der Waals surface area contributed by atoms with Crippen molar-refractivity contribution >= 4 is 17.7 Å². The Morgan fingerprint density at radius 3 is 2.57 bits per heavy atom. The highest BCUT2D eigenvalue weighted by atomic mass is 32.2. The number of hydrogen-bond donors (Lipinski definition) is 0. The lowest BCUT2D eigenvalue weighted by Gasteiger charge is -2.26. The van der Waals surface area contributed by atoms with Crippen LogP contribution in [0.2, 0.25) is 0 Å². The number of thioether (sulfide) groups is 1. The lowest BCUT2D eigenvalue weighted by molar-refractivity contribution is -0.130. The minimum atomic E-state index is 0.172. The average molecular weight is 303 g/mol. The number of rotatable bonds is 7. The van der Waals surface area contributed by atoms with Crippen LogP contribution in [0.15, 0.2) is 53.1 Å². The summed E-state index contributed by atoms with van der Waals surface area (Å²) in [5.41, 5.74) is 1.16. The third-order valence-electron chi connectivity index (χ3n) is 3.19. The van der Waals surface area contributed by atoms with Gasteiger partial charge in [0, 0.05) is 12.6 Å². The number of amides is 1. The van der Waals surface area contributed by atoms with Crippen LogP contribution >= 0.6 is 11.8 Å². The molecule has 112 valence electrons. The van der Waals surface area contributed by atoms with Crippen molar-refractivity contribution in [2.45, 2.75) is 32.2 Å². The molecule has 0 N–H and O–H groups in total. The van der Waals surface area contributed by atoms with Gasteiger partial charge in [0.25, 0.3) is 0 Å². The van der Waals surface area contributed by atoms with Gasteiger partial charge in [-0.3, -0.25) is 4.79 Å². The minimum absolute atomic E-state index is 0.172. The zero-order valence-electron chi connectivity index (χ0n) is 12.5. The molecule has 0 spiro atoms. The van der Waals surface area contributed by atoms with Gasteiger partial charge in [0.2, 0.25) is 5.91 Å². The van der Waals surface area contributed by atoms with Gasteiger partial charge in [-0.15, -0.1) is 11.8 Å². The van der Waals surface area contributed by atoms with Gasteiger partial charge in [0.05, 0.1) is 17.8 Å². The second-order valence-corrected chi connectivity index (χ2v) is 6.16. The van der Waals surface area contributed by atoms with E-state index in [1.807, 2.05) is 35.2 Å². The van der Waals surface area contributed by atoms with Gasteiger partial charge in [-0.05, 0) is 31.5 Å². The van der Waals surface area contributed by atoms with E-state index in [-0.39, 0.29) is 11.9 Å². The molecule has 4 heteroatoms. The molecule has 1 aromatic carbocycles. The first-order valence-electron chi connectivity index (χ1n) is 7.10. The molecule has 1 aromatic heterocycles. The Balaban J connectivity index is 1.87. The van der Waals surface area contributed by atoms with Crippen LogP contribution < -0.4 is 0 Å². The monoisotopic (exact) mass is 303 g/mol. The topological polar surface area (TPSA) is 33.5 Å². The maximum atomic E-state index is 12.4. The van der Waals surface area contributed by atoms with Gasteiger partial charge >= 0.3 is 0 Å². The molecule has 0 saturated heterocycles. The second-order valence-electron chi connectivity index (χ2n) is 5.17. The van der Waals surface area contributed by atoms with Crippen LogP contribution in [0, 0.1) is 0 Å². The molecule has 3 nitrogen and oxygen atoms in total. The van der Waals surface area contributed by atoms with E-state index in [0.29, 0.717) is 12.3 Å². The quantitative estimate of drug-likeness (QED) is 0.776. The molecule has 1 amide bonds. The van der Waals surface area contributed by atoms with Crippen LogP contribution in [0.25, 0.3) is 0 Å². The molecular weight excluding hydrogens is 282 g/mol. The highest BCUT2D eigenvalue weighted by Gasteiger charge is 2.17. The standard InChI is InChI=1S/C17H21NO2S/c1-14(2)18(11-15-7-4-3-5-8-15)17(19)13-21-12-16-9-6-10-20-16/h3-10,14H,11-13H2,1-2H3. The van der Waals surface area contributed by atoms with Crippen molar-refractivity contribution in [2.24, 2.45) is 0 Å². The molecule has 2 rings (SSSR count). The summed E-state index contributed by atoms with van der Waals surface area (Å²) in [5, 5.41) is 0. The molecule has 0 fully saturated rings.